The van der Waals surface area contributed by atoms with Crippen molar-refractivity contribution in [2.75, 3.05) is 39.6 Å². The zero-order chi connectivity index (χ0) is 21.1. The highest BCUT2D eigenvalue weighted by Gasteiger charge is 2.19. The van der Waals surface area contributed by atoms with Gasteiger partial charge in [-0.25, -0.2) is 4.39 Å². The molecular weight excluding hydrogens is 385 g/mol. The molecule has 0 spiro atoms. The summed E-state index contributed by atoms with van der Waals surface area (Å²) in [7, 11) is 3.74. The summed E-state index contributed by atoms with van der Waals surface area (Å²) >= 11 is 0. The molecule has 0 atom stereocenters. The van der Waals surface area contributed by atoms with E-state index in [-0.39, 0.29) is 5.75 Å². The Kier molecular flexibility index (Phi) is 5.90. The van der Waals surface area contributed by atoms with Crippen LogP contribution < -0.4 is 19.9 Å². The van der Waals surface area contributed by atoms with Gasteiger partial charge in [0.15, 0.2) is 23.1 Å². The van der Waals surface area contributed by atoms with Crippen LogP contribution >= 0.6 is 0 Å². The maximum absolute atomic E-state index is 14.2. The minimum Gasteiger partial charge on any atom is -0.493 e. The number of likely N-dealkylation sites (tertiary alicyclic amines) is 1. The molecule has 2 aromatic carbocycles. The second-order valence-corrected chi connectivity index (χ2v) is 7.68. The Labute approximate surface area is 175 Å². The van der Waals surface area contributed by atoms with Crippen molar-refractivity contribution in [2.45, 2.75) is 12.8 Å². The smallest absolute Gasteiger partial charge is 0.167 e. The van der Waals surface area contributed by atoms with Crippen LogP contribution in [0.2, 0.25) is 0 Å². The van der Waals surface area contributed by atoms with Crippen molar-refractivity contribution in [3.05, 3.63) is 48.4 Å². The number of nitrogens with two attached hydrogens (primary N) is 1. The molecule has 0 bridgehead atoms. The number of halogens is 1. The van der Waals surface area contributed by atoms with E-state index in [2.05, 4.69) is 16.9 Å². The van der Waals surface area contributed by atoms with Crippen molar-refractivity contribution in [3.63, 3.8) is 0 Å². The molecule has 158 valence electrons. The number of pyridine rings is 1. The average Bonchev–Trinajstić information content (AvgIpc) is 2.75. The number of benzene rings is 2. The molecule has 30 heavy (non-hydrogen) atoms. The number of rotatable bonds is 6. The van der Waals surface area contributed by atoms with Crippen LogP contribution in [0.1, 0.15) is 12.8 Å². The lowest BCUT2D eigenvalue weighted by Gasteiger charge is -2.28. The number of anilines is 1. The second kappa shape index (κ2) is 8.75. The van der Waals surface area contributed by atoms with Gasteiger partial charge >= 0.3 is 0 Å². The van der Waals surface area contributed by atoms with Crippen molar-refractivity contribution >= 4 is 16.6 Å². The average molecular weight is 411 g/mol. The topological polar surface area (TPSA) is 69.8 Å². The molecule has 1 saturated heterocycles. The lowest BCUT2D eigenvalue weighted by atomic mass is 9.98. The maximum atomic E-state index is 14.2. The van der Waals surface area contributed by atoms with Crippen LogP contribution in [0.25, 0.3) is 10.9 Å². The Hall–Kier alpha value is -3.06. The standard InChI is InChI=1S/C23H26FN3O3/c1-27-9-6-15(7-10-27)14-29-23-13-19-17(12-22(23)28-2)20(5-8-26-19)30-21-4-3-16(25)11-18(21)24/h3-5,8,11-13,15H,6-7,9-10,14,25H2,1-2H3. The Morgan fingerprint density at radius 2 is 1.87 bits per heavy atom. The van der Waals surface area contributed by atoms with Gasteiger partial charge in [-0.15, -0.1) is 0 Å². The highest BCUT2D eigenvalue weighted by Crippen LogP contribution is 2.38. The van der Waals surface area contributed by atoms with Crippen LogP contribution in [0.5, 0.6) is 23.0 Å². The first-order valence-corrected chi connectivity index (χ1v) is 10.0. The number of nitrogen functional groups attached to an aromatic ring is 1. The fourth-order valence-corrected chi connectivity index (χ4v) is 3.64. The van der Waals surface area contributed by atoms with E-state index in [0.717, 1.165) is 25.9 Å². The SMILES string of the molecule is COc1cc2c(Oc3ccc(N)cc3F)ccnc2cc1OCC1CCN(C)CC1. The number of piperidine rings is 1. The number of nitrogens with zero attached hydrogens (tertiary/aromatic N) is 2. The van der Waals surface area contributed by atoms with Crippen LogP contribution in [0.15, 0.2) is 42.6 Å². The fourth-order valence-electron chi connectivity index (χ4n) is 3.64. The summed E-state index contributed by atoms with van der Waals surface area (Å²) in [6.07, 6.45) is 3.87. The number of hydrogen-bond donors (Lipinski definition) is 1. The van der Waals surface area contributed by atoms with Gasteiger partial charge in [-0.1, -0.05) is 0 Å². The lowest BCUT2D eigenvalue weighted by Crippen LogP contribution is -2.32. The van der Waals surface area contributed by atoms with Gasteiger partial charge in [-0.2, -0.15) is 0 Å². The quantitative estimate of drug-likeness (QED) is 0.603. The van der Waals surface area contributed by atoms with Crippen LogP contribution in [0.3, 0.4) is 0 Å². The Bertz CT molecular complexity index is 1040. The molecular formula is C23H26FN3O3. The molecule has 0 amide bonds. The predicted octanol–water partition coefficient (Wildman–Crippen LogP) is 4.48. The van der Waals surface area contributed by atoms with E-state index in [4.69, 9.17) is 19.9 Å². The zero-order valence-corrected chi connectivity index (χ0v) is 17.2. The summed E-state index contributed by atoms with van der Waals surface area (Å²) in [6, 6.07) is 9.68. The molecule has 6 nitrogen and oxygen atoms in total. The second-order valence-electron chi connectivity index (χ2n) is 7.68. The predicted molar refractivity (Wildman–Crippen MR) is 115 cm³/mol. The third-order valence-corrected chi connectivity index (χ3v) is 5.48. The molecule has 1 aromatic heterocycles. The monoisotopic (exact) mass is 411 g/mol. The maximum Gasteiger partial charge on any atom is 0.167 e. The number of methoxy groups -OCH3 is 1. The number of fused-ring (bicyclic) bond motifs is 1. The first kappa shape index (κ1) is 20.2. The van der Waals surface area contributed by atoms with E-state index in [1.165, 1.54) is 12.1 Å². The van der Waals surface area contributed by atoms with Gasteiger partial charge in [-0.3, -0.25) is 4.98 Å². The zero-order valence-electron chi connectivity index (χ0n) is 17.2. The van der Waals surface area contributed by atoms with Gasteiger partial charge in [-0.05, 0) is 63.2 Å². The first-order chi connectivity index (χ1) is 14.5. The molecule has 0 saturated carbocycles. The van der Waals surface area contributed by atoms with Gasteiger partial charge in [0.1, 0.15) is 5.75 Å². The fraction of sp³-hybridized carbons (Fsp3) is 0.348. The van der Waals surface area contributed by atoms with Crippen molar-refractivity contribution in [1.29, 1.82) is 0 Å². The number of aromatic nitrogens is 1. The van der Waals surface area contributed by atoms with E-state index >= 15 is 0 Å². The molecule has 7 heteroatoms. The molecule has 0 radical (unpaired) electrons. The highest BCUT2D eigenvalue weighted by atomic mass is 19.1. The van der Waals surface area contributed by atoms with E-state index < -0.39 is 5.82 Å². The van der Waals surface area contributed by atoms with Gasteiger partial charge in [0.25, 0.3) is 0 Å². The summed E-state index contributed by atoms with van der Waals surface area (Å²) in [5.74, 6) is 1.81. The third-order valence-electron chi connectivity index (χ3n) is 5.48. The molecule has 0 unspecified atom stereocenters. The molecule has 4 rings (SSSR count). The van der Waals surface area contributed by atoms with Crippen LogP contribution in [0, 0.1) is 11.7 Å². The minimum absolute atomic E-state index is 0.0956. The van der Waals surface area contributed by atoms with Gasteiger partial charge < -0.3 is 24.8 Å². The third kappa shape index (κ3) is 4.41. The van der Waals surface area contributed by atoms with Crippen molar-refractivity contribution < 1.29 is 18.6 Å². The van der Waals surface area contributed by atoms with Gasteiger partial charge in [0.2, 0.25) is 0 Å². The van der Waals surface area contributed by atoms with Crippen LogP contribution in [0.4, 0.5) is 10.1 Å². The Balaban J connectivity index is 1.58. The Morgan fingerprint density at radius 1 is 1.07 bits per heavy atom. The van der Waals surface area contributed by atoms with Gasteiger partial charge in [0.05, 0.1) is 19.2 Å². The summed E-state index contributed by atoms with van der Waals surface area (Å²) in [5, 5.41) is 0.706. The molecule has 3 aromatic rings. The Morgan fingerprint density at radius 3 is 2.60 bits per heavy atom. The number of hydrogen-bond acceptors (Lipinski definition) is 6. The van der Waals surface area contributed by atoms with E-state index in [0.29, 0.717) is 46.4 Å². The van der Waals surface area contributed by atoms with Crippen LogP contribution in [-0.4, -0.2) is 43.7 Å². The molecule has 0 aliphatic carbocycles. The van der Waals surface area contributed by atoms with E-state index in [1.54, 1.807) is 25.4 Å². The van der Waals surface area contributed by atoms with Crippen molar-refractivity contribution in [3.8, 4) is 23.0 Å². The molecule has 2 heterocycles. The first-order valence-electron chi connectivity index (χ1n) is 10.0. The summed E-state index contributed by atoms with van der Waals surface area (Å²) in [4.78, 5) is 6.76. The van der Waals surface area contributed by atoms with E-state index in [1.807, 2.05) is 12.1 Å². The summed E-state index contributed by atoms with van der Waals surface area (Å²) in [6.45, 7) is 2.82. The summed E-state index contributed by atoms with van der Waals surface area (Å²) in [5.41, 5.74) is 6.64. The van der Waals surface area contributed by atoms with Crippen LogP contribution in [-0.2, 0) is 0 Å². The molecule has 1 aliphatic rings. The normalized spacial score (nSPS) is 15.3. The number of ether oxygens (including phenoxy) is 3. The van der Waals surface area contributed by atoms with Crippen molar-refractivity contribution in [1.82, 2.24) is 9.88 Å². The van der Waals surface area contributed by atoms with E-state index in [9.17, 15) is 4.39 Å². The van der Waals surface area contributed by atoms with Gasteiger partial charge in [0, 0.05) is 29.4 Å². The highest BCUT2D eigenvalue weighted by molar-refractivity contribution is 5.88. The van der Waals surface area contributed by atoms with Crippen molar-refractivity contribution in [2.24, 2.45) is 5.92 Å². The minimum atomic E-state index is -0.523. The molecule has 1 aliphatic heterocycles. The molecule has 2 N–H and O–H groups in total. The molecule has 1 fully saturated rings. The summed E-state index contributed by atoms with van der Waals surface area (Å²) < 4.78 is 31.6. The largest absolute Gasteiger partial charge is 0.493 e. The lowest BCUT2D eigenvalue weighted by molar-refractivity contribution is 0.157.